The van der Waals surface area contributed by atoms with Crippen molar-refractivity contribution in [1.82, 2.24) is 4.90 Å². The molecule has 1 saturated heterocycles. The Morgan fingerprint density at radius 3 is 2.53 bits per heavy atom. The first-order valence-corrected chi connectivity index (χ1v) is 8.45. The quantitative estimate of drug-likeness (QED) is 0.828. The van der Waals surface area contributed by atoms with Gasteiger partial charge in [0.25, 0.3) is 0 Å². The minimum Gasteiger partial charge on any atom is -0.329 e. The molecule has 0 spiro atoms. The smallest absolute Gasteiger partial charge is 0.0365 e. The summed E-state index contributed by atoms with van der Waals surface area (Å²) in [7, 11) is 0. The van der Waals surface area contributed by atoms with E-state index in [1.165, 1.54) is 51.5 Å². The number of rotatable bonds is 2. The van der Waals surface area contributed by atoms with E-state index in [4.69, 9.17) is 5.73 Å². The van der Waals surface area contributed by atoms with E-state index >= 15 is 0 Å². The summed E-state index contributed by atoms with van der Waals surface area (Å²) in [5.41, 5.74) is 7.13. The molecule has 2 heteroatoms. The van der Waals surface area contributed by atoms with Crippen LogP contribution in [-0.4, -0.2) is 29.6 Å². The summed E-state index contributed by atoms with van der Waals surface area (Å²) in [6.07, 6.45) is 9.87. The zero-order valence-corrected chi connectivity index (χ0v) is 13.1. The van der Waals surface area contributed by atoms with E-state index in [0.29, 0.717) is 11.0 Å². The van der Waals surface area contributed by atoms with Gasteiger partial charge in [0.05, 0.1) is 0 Å². The second kappa shape index (κ2) is 4.73. The molecule has 19 heavy (non-hydrogen) atoms. The van der Waals surface area contributed by atoms with Gasteiger partial charge in [-0.2, -0.15) is 0 Å². The van der Waals surface area contributed by atoms with E-state index in [9.17, 15) is 0 Å². The van der Waals surface area contributed by atoms with Crippen molar-refractivity contribution < 1.29 is 0 Å². The van der Waals surface area contributed by atoms with Crippen molar-refractivity contribution in [3.05, 3.63) is 0 Å². The molecule has 0 aromatic rings. The number of hydrogen-bond acceptors (Lipinski definition) is 2. The third kappa shape index (κ3) is 2.15. The molecule has 3 rings (SSSR count). The van der Waals surface area contributed by atoms with Crippen molar-refractivity contribution in [3.63, 3.8) is 0 Å². The van der Waals surface area contributed by atoms with Crippen molar-refractivity contribution in [2.45, 2.75) is 77.3 Å². The van der Waals surface area contributed by atoms with Crippen LogP contribution in [0, 0.1) is 17.3 Å². The van der Waals surface area contributed by atoms with Gasteiger partial charge in [-0.1, -0.05) is 27.2 Å². The summed E-state index contributed by atoms with van der Waals surface area (Å²) in [5.74, 6) is 1.74. The monoisotopic (exact) mass is 264 g/mol. The van der Waals surface area contributed by atoms with E-state index < -0.39 is 0 Å². The van der Waals surface area contributed by atoms with E-state index in [2.05, 4.69) is 25.7 Å². The Morgan fingerprint density at radius 1 is 1.16 bits per heavy atom. The molecule has 2 aliphatic carbocycles. The topological polar surface area (TPSA) is 29.3 Å². The first-order chi connectivity index (χ1) is 8.98. The van der Waals surface area contributed by atoms with E-state index in [1.807, 2.05) is 0 Å². The highest BCUT2D eigenvalue weighted by molar-refractivity contribution is 5.09. The second-order valence-corrected chi connectivity index (χ2v) is 8.35. The van der Waals surface area contributed by atoms with Crippen molar-refractivity contribution in [2.24, 2.45) is 23.0 Å². The Hall–Kier alpha value is -0.0800. The fourth-order valence-electron chi connectivity index (χ4n) is 5.88. The molecular weight excluding hydrogens is 232 g/mol. The van der Waals surface area contributed by atoms with Crippen LogP contribution in [0.5, 0.6) is 0 Å². The molecule has 110 valence electrons. The Bertz CT molecular complexity index is 338. The molecule has 1 aliphatic heterocycles. The van der Waals surface area contributed by atoms with Crippen LogP contribution in [0.2, 0.25) is 0 Å². The molecule has 1 heterocycles. The second-order valence-electron chi connectivity index (χ2n) is 8.35. The maximum absolute atomic E-state index is 6.35. The van der Waals surface area contributed by atoms with Crippen LogP contribution in [0.15, 0.2) is 0 Å². The highest BCUT2D eigenvalue weighted by Gasteiger charge is 2.54. The summed E-state index contributed by atoms with van der Waals surface area (Å²) in [4.78, 5) is 2.90. The normalized spacial score (nSPS) is 46.4. The zero-order chi connectivity index (χ0) is 13.7. The van der Waals surface area contributed by atoms with Gasteiger partial charge in [0.1, 0.15) is 0 Å². The maximum atomic E-state index is 6.35. The number of nitrogens with two attached hydrogens (primary N) is 1. The van der Waals surface area contributed by atoms with Crippen LogP contribution < -0.4 is 5.73 Å². The van der Waals surface area contributed by atoms with E-state index in [-0.39, 0.29) is 0 Å². The van der Waals surface area contributed by atoms with Gasteiger partial charge in [0.15, 0.2) is 0 Å². The number of nitrogens with zero attached hydrogens (tertiary/aromatic N) is 1. The van der Waals surface area contributed by atoms with Crippen molar-refractivity contribution >= 4 is 0 Å². The van der Waals surface area contributed by atoms with Crippen LogP contribution in [0.25, 0.3) is 0 Å². The lowest BCUT2D eigenvalue weighted by Crippen LogP contribution is -2.62. The third-order valence-electron chi connectivity index (χ3n) is 6.48. The Kier molecular flexibility index (Phi) is 3.46. The highest BCUT2D eigenvalue weighted by atomic mass is 15.3. The fraction of sp³-hybridized carbons (Fsp3) is 1.00. The fourth-order valence-corrected chi connectivity index (χ4v) is 5.88. The zero-order valence-electron chi connectivity index (χ0n) is 13.1. The van der Waals surface area contributed by atoms with Crippen LogP contribution in [-0.2, 0) is 0 Å². The number of fused-ring (bicyclic) bond motifs is 1. The SMILES string of the molecule is CC1CC(C)(C)CC1(CN)N1CCCC2CCCC21. The molecule has 0 aromatic heterocycles. The lowest BCUT2D eigenvalue weighted by Gasteiger charge is -2.51. The van der Waals surface area contributed by atoms with E-state index in [1.54, 1.807) is 0 Å². The van der Waals surface area contributed by atoms with Crippen LogP contribution >= 0.6 is 0 Å². The maximum Gasteiger partial charge on any atom is 0.0365 e. The lowest BCUT2D eigenvalue weighted by atomic mass is 9.79. The van der Waals surface area contributed by atoms with Gasteiger partial charge in [-0.05, 0) is 62.3 Å². The van der Waals surface area contributed by atoms with Crippen LogP contribution in [0.4, 0.5) is 0 Å². The van der Waals surface area contributed by atoms with Crippen molar-refractivity contribution in [2.75, 3.05) is 13.1 Å². The van der Waals surface area contributed by atoms with Crippen molar-refractivity contribution in [1.29, 1.82) is 0 Å². The minimum atomic E-state index is 0.303. The Labute approximate surface area is 119 Å². The van der Waals surface area contributed by atoms with Gasteiger partial charge in [-0.15, -0.1) is 0 Å². The minimum absolute atomic E-state index is 0.303. The first-order valence-electron chi connectivity index (χ1n) is 8.45. The van der Waals surface area contributed by atoms with Crippen LogP contribution in [0.1, 0.15) is 65.7 Å². The molecule has 4 atom stereocenters. The molecule has 0 radical (unpaired) electrons. The molecule has 0 aromatic carbocycles. The molecule has 2 saturated carbocycles. The average Bonchev–Trinajstić information content (AvgIpc) is 2.91. The summed E-state index contributed by atoms with van der Waals surface area (Å²) in [6.45, 7) is 9.51. The predicted molar refractivity (Wildman–Crippen MR) is 81.0 cm³/mol. The van der Waals surface area contributed by atoms with Gasteiger partial charge in [-0.3, -0.25) is 4.90 Å². The third-order valence-corrected chi connectivity index (χ3v) is 6.48. The number of piperidine rings is 1. The molecule has 2 N–H and O–H groups in total. The predicted octanol–water partition coefficient (Wildman–Crippen LogP) is 3.40. The van der Waals surface area contributed by atoms with E-state index in [0.717, 1.165) is 24.4 Å². The molecule has 4 unspecified atom stereocenters. The summed E-state index contributed by atoms with van der Waals surface area (Å²) in [5, 5.41) is 0. The van der Waals surface area contributed by atoms with Gasteiger partial charge >= 0.3 is 0 Å². The first kappa shape index (κ1) is 13.9. The highest BCUT2D eigenvalue weighted by Crippen LogP contribution is 2.53. The van der Waals surface area contributed by atoms with Crippen molar-refractivity contribution in [3.8, 4) is 0 Å². The molecule has 3 fully saturated rings. The number of likely N-dealkylation sites (tertiary alicyclic amines) is 1. The standard InChI is InChI=1S/C17H32N2/c1-13-10-16(2,3)11-17(13,12-18)19-9-5-7-14-6-4-8-15(14)19/h13-15H,4-12,18H2,1-3H3. The van der Waals surface area contributed by atoms with Gasteiger partial charge in [0.2, 0.25) is 0 Å². The average molecular weight is 264 g/mol. The molecular formula is C17H32N2. The lowest BCUT2D eigenvalue weighted by molar-refractivity contribution is -0.0185. The molecule has 0 amide bonds. The largest absolute Gasteiger partial charge is 0.329 e. The molecule has 2 nitrogen and oxygen atoms in total. The number of hydrogen-bond donors (Lipinski definition) is 1. The Balaban J connectivity index is 1.89. The van der Waals surface area contributed by atoms with Gasteiger partial charge in [-0.25, -0.2) is 0 Å². The molecule has 3 aliphatic rings. The van der Waals surface area contributed by atoms with Crippen LogP contribution in [0.3, 0.4) is 0 Å². The summed E-state index contributed by atoms with van der Waals surface area (Å²) < 4.78 is 0. The van der Waals surface area contributed by atoms with Gasteiger partial charge in [0, 0.05) is 18.1 Å². The van der Waals surface area contributed by atoms with Gasteiger partial charge < -0.3 is 5.73 Å². The summed E-state index contributed by atoms with van der Waals surface area (Å²) in [6, 6.07) is 0.855. The summed E-state index contributed by atoms with van der Waals surface area (Å²) >= 11 is 0. The Morgan fingerprint density at radius 2 is 1.89 bits per heavy atom. The molecule has 0 bridgehead atoms.